The van der Waals surface area contributed by atoms with Gasteiger partial charge in [-0.15, -0.1) is 0 Å². The monoisotopic (exact) mass is 433 g/mol. The summed E-state index contributed by atoms with van der Waals surface area (Å²) in [5, 5.41) is 0. The van der Waals surface area contributed by atoms with Gasteiger partial charge in [0.15, 0.2) is 0 Å². The van der Waals surface area contributed by atoms with Gasteiger partial charge in [0, 0.05) is 34.0 Å². The van der Waals surface area contributed by atoms with Crippen molar-refractivity contribution in [3.8, 4) is 0 Å². The van der Waals surface area contributed by atoms with Crippen LogP contribution < -0.4 is 10.0 Å². The van der Waals surface area contributed by atoms with Crippen LogP contribution in [0.3, 0.4) is 0 Å². The molecule has 4 rings (SSSR count). The molecule has 0 bridgehead atoms. The molecular weight excluding hydrogens is 406 g/mol. The van der Waals surface area contributed by atoms with E-state index in [0.717, 1.165) is 35.8 Å². The van der Waals surface area contributed by atoms with Gasteiger partial charge in [-0.3, -0.25) is 4.99 Å². The number of fused-ring (bicyclic) bond motifs is 1. The maximum Gasteiger partial charge on any atom is 0.0875 e. The van der Waals surface area contributed by atoms with E-state index >= 15 is 0 Å². The summed E-state index contributed by atoms with van der Waals surface area (Å²) in [7, 11) is 0. The summed E-state index contributed by atoms with van der Waals surface area (Å²) >= 11 is 3.57. The zero-order valence-corrected chi connectivity index (χ0v) is 19.0. The Kier molecular flexibility index (Phi) is 6.52. The Morgan fingerprint density at radius 1 is 0.900 bits per heavy atom. The van der Waals surface area contributed by atoms with Crippen LogP contribution in [0.15, 0.2) is 93.6 Å². The van der Waals surface area contributed by atoms with Crippen molar-refractivity contribution >= 4 is 40.8 Å². The van der Waals surface area contributed by atoms with Gasteiger partial charge in [-0.25, -0.2) is 0 Å². The molecule has 30 heavy (non-hydrogen) atoms. The largest absolute Gasteiger partial charge is 0.325 e. The molecule has 1 heterocycles. The van der Waals surface area contributed by atoms with Crippen molar-refractivity contribution in [1.82, 2.24) is 0 Å². The first kappa shape index (κ1) is 21.0. The first-order valence-corrected chi connectivity index (χ1v) is 11.9. The maximum absolute atomic E-state index is 6.22. The number of aliphatic imine (C=N–C) groups is 1. The number of hydrogen-bond donors (Lipinski definition) is 1. The van der Waals surface area contributed by atoms with Gasteiger partial charge in [0.25, 0.3) is 0 Å². The second-order valence-electron chi connectivity index (χ2n) is 8.10. The third-order valence-corrected chi connectivity index (χ3v) is 7.30. The quantitative estimate of drug-likeness (QED) is 0.447. The highest BCUT2D eigenvalue weighted by molar-refractivity contribution is 8.00. The number of para-hydroxylation sites is 2. The fourth-order valence-corrected chi connectivity index (χ4v) is 5.07. The molecule has 0 aromatic heterocycles. The molecule has 1 aliphatic rings. The summed E-state index contributed by atoms with van der Waals surface area (Å²) in [6.45, 7) is 5.05. The molecule has 3 nitrogen and oxygen atoms in total. The Morgan fingerprint density at radius 3 is 2.30 bits per heavy atom. The molecule has 0 spiro atoms. The third kappa shape index (κ3) is 5.48. The van der Waals surface area contributed by atoms with E-state index in [1.807, 2.05) is 6.07 Å². The molecule has 5 heteroatoms. The molecule has 3 aromatic carbocycles. The molecule has 0 saturated carbocycles. The highest BCUT2D eigenvalue weighted by Gasteiger charge is 2.21. The van der Waals surface area contributed by atoms with Crippen molar-refractivity contribution in [1.29, 1.82) is 0 Å². The van der Waals surface area contributed by atoms with Gasteiger partial charge in [-0.1, -0.05) is 54.2 Å². The average molecular weight is 434 g/mol. The summed E-state index contributed by atoms with van der Waals surface area (Å²) < 4.78 is 2.35. The van der Waals surface area contributed by atoms with Crippen LogP contribution in [-0.2, 0) is 0 Å². The molecule has 0 saturated heterocycles. The van der Waals surface area contributed by atoms with Crippen LogP contribution in [0.2, 0.25) is 0 Å². The van der Waals surface area contributed by atoms with Gasteiger partial charge >= 0.3 is 0 Å². The molecular formula is C25H27N3S2. The van der Waals surface area contributed by atoms with Gasteiger partial charge in [0.2, 0.25) is 0 Å². The van der Waals surface area contributed by atoms with Crippen LogP contribution in [-0.4, -0.2) is 23.5 Å². The third-order valence-electron chi connectivity index (χ3n) is 4.72. The molecule has 1 aliphatic heterocycles. The normalized spacial score (nSPS) is 14.1. The molecule has 0 amide bonds. The fourth-order valence-electron chi connectivity index (χ4n) is 3.23. The fraction of sp³-hybridized carbons (Fsp3) is 0.240. The van der Waals surface area contributed by atoms with Crippen LogP contribution in [0.4, 0.5) is 11.4 Å². The van der Waals surface area contributed by atoms with E-state index in [4.69, 9.17) is 10.7 Å². The molecule has 0 radical (unpaired) electrons. The predicted octanol–water partition coefficient (Wildman–Crippen LogP) is 6.55. The molecule has 0 fully saturated rings. The lowest BCUT2D eigenvalue weighted by Gasteiger charge is -2.27. The Balaban J connectivity index is 1.53. The highest BCUT2D eigenvalue weighted by Crippen LogP contribution is 2.37. The van der Waals surface area contributed by atoms with E-state index in [2.05, 4.69) is 90.9 Å². The number of nitrogens with zero attached hydrogens (tertiary/aromatic N) is 2. The standard InChI is InChI=1S/C25H27N3S2/c1-25(2,26)18-29-28-17-16-22(27-23-10-6-7-11-24(23)28)19-12-14-21(15-13-19)30-20-8-4-3-5-9-20/h3-15H,16-18,26H2,1-2H3. The number of nitrogens with two attached hydrogens (primary N) is 1. The summed E-state index contributed by atoms with van der Waals surface area (Å²) in [5.41, 5.74) is 10.5. The van der Waals surface area contributed by atoms with Crippen molar-refractivity contribution in [2.75, 3.05) is 16.6 Å². The lowest BCUT2D eigenvalue weighted by molar-refractivity contribution is 0.591. The van der Waals surface area contributed by atoms with Gasteiger partial charge in [-0.05, 0) is 67.8 Å². The van der Waals surface area contributed by atoms with E-state index < -0.39 is 0 Å². The Hall–Kier alpha value is -2.21. The van der Waals surface area contributed by atoms with E-state index in [1.54, 1.807) is 23.7 Å². The van der Waals surface area contributed by atoms with E-state index in [-0.39, 0.29) is 5.54 Å². The minimum atomic E-state index is -0.206. The minimum absolute atomic E-state index is 0.206. The van der Waals surface area contributed by atoms with E-state index in [1.165, 1.54) is 15.4 Å². The molecule has 3 aromatic rings. The predicted molar refractivity (Wildman–Crippen MR) is 132 cm³/mol. The maximum atomic E-state index is 6.22. The van der Waals surface area contributed by atoms with Crippen LogP contribution in [0.25, 0.3) is 0 Å². The van der Waals surface area contributed by atoms with Crippen molar-refractivity contribution < 1.29 is 0 Å². The summed E-state index contributed by atoms with van der Waals surface area (Å²) in [4.78, 5) is 7.53. The summed E-state index contributed by atoms with van der Waals surface area (Å²) in [6, 6.07) is 27.6. The smallest absolute Gasteiger partial charge is 0.0875 e. The zero-order chi connectivity index (χ0) is 21.0. The van der Waals surface area contributed by atoms with Gasteiger partial charge in [0.1, 0.15) is 0 Å². The van der Waals surface area contributed by atoms with E-state index in [0.29, 0.717) is 0 Å². The molecule has 0 unspecified atom stereocenters. The Morgan fingerprint density at radius 2 is 1.57 bits per heavy atom. The molecule has 154 valence electrons. The van der Waals surface area contributed by atoms with E-state index in [9.17, 15) is 0 Å². The van der Waals surface area contributed by atoms with Crippen LogP contribution in [0.1, 0.15) is 25.8 Å². The number of rotatable bonds is 6. The van der Waals surface area contributed by atoms with Gasteiger partial charge < -0.3 is 10.0 Å². The Bertz CT molecular complexity index is 1010. The lowest BCUT2D eigenvalue weighted by Crippen LogP contribution is -2.36. The second kappa shape index (κ2) is 9.29. The SMILES string of the molecule is CC(C)(N)CSN1CCC(c2ccc(Sc3ccccc3)cc2)=Nc2ccccc21. The average Bonchev–Trinajstić information content (AvgIpc) is 2.93. The second-order valence-corrected chi connectivity index (χ2v) is 10.2. The van der Waals surface area contributed by atoms with Crippen LogP contribution in [0, 0.1) is 0 Å². The summed E-state index contributed by atoms with van der Waals surface area (Å²) in [5.74, 6) is 0.863. The molecule has 2 N–H and O–H groups in total. The lowest BCUT2D eigenvalue weighted by atomic mass is 10.1. The Labute approximate surface area is 187 Å². The number of benzene rings is 3. The van der Waals surface area contributed by atoms with Crippen molar-refractivity contribution in [3.63, 3.8) is 0 Å². The first-order valence-electron chi connectivity index (χ1n) is 10.2. The minimum Gasteiger partial charge on any atom is -0.325 e. The first-order chi connectivity index (χ1) is 14.5. The van der Waals surface area contributed by atoms with Crippen LogP contribution >= 0.6 is 23.7 Å². The topological polar surface area (TPSA) is 41.6 Å². The van der Waals surface area contributed by atoms with Crippen molar-refractivity contribution in [3.05, 3.63) is 84.4 Å². The number of anilines is 1. The van der Waals surface area contributed by atoms with Crippen molar-refractivity contribution in [2.24, 2.45) is 10.7 Å². The van der Waals surface area contributed by atoms with Crippen molar-refractivity contribution in [2.45, 2.75) is 35.6 Å². The summed E-state index contributed by atoms with van der Waals surface area (Å²) in [6.07, 6.45) is 0.901. The molecule has 0 atom stereocenters. The number of hydrogen-bond acceptors (Lipinski definition) is 5. The van der Waals surface area contributed by atoms with Gasteiger partial charge in [0.05, 0.1) is 17.1 Å². The zero-order valence-electron chi connectivity index (χ0n) is 17.4. The molecule has 0 aliphatic carbocycles. The van der Waals surface area contributed by atoms with Crippen LogP contribution in [0.5, 0.6) is 0 Å². The highest BCUT2D eigenvalue weighted by atomic mass is 32.2. The van der Waals surface area contributed by atoms with Gasteiger partial charge in [-0.2, -0.15) is 0 Å².